The van der Waals surface area contributed by atoms with E-state index in [1.54, 1.807) is 36.4 Å². The van der Waals surface area contributed by atoms with Crippen molar-refractivity contribution in [1.82, 2.24) is 0 Å². The van der Waals surface area contributed by atoms with E-state index in [4.69, 9.17) is 4.74 Å². The lowest BCUT2D eigenvalue weighted by atomic mass is 10.2. The van der Waals surface area contributed by atoms with Crippen LogP contribution in [0.5, 0.6) is 11.5 Å². The molecule has 3 aromatic carbocycles. The van der Waals surface area contributed by atoms with Gasteiger partial charge in [-0.25, -0.2) is 4.39 Å². The molecule has 0 heterocycles. The highest BCUT2D eigenvalue weighted by molar-refractivity contribution is 6.04. The molecule has 0 aliphatic heterocycles. The zero-order valence-corrected chi connectivity index (χ0v) is 13.1. The summed E-state index contributed by atoms with van der Waals surface area (Å²) in [4.78, 5) is 12.2. The Kier molecular flexibility index (Phi) is 4.57. The Morgan fingerprint density at radius 3 is 2.17 bits per heavy atom. The van der Waals surface area contributed by atoms with E-state index in [2.05, 4.69) is 5.32 Å². The topological polar surface area (TPSA) is 38.3 Å². The highest BCUT2D eigenvalue weighted by Crippen LogP contribution is 2.22. The fourth-order valence-electron chi connectivity index (χ4n) is 2.19. The molecule has 3 nitrogen and oxygen atoms in total. The Hall–Kier alpha value is -3.14. The molecular formula is C20H16FNO2. The predicted molar refractivity (Wildman–Crippen MR) is 92.0 cm³/mol. The van der Waals surface area contributed by atoms with Gasteiger partial charge in [-0.3, -0.25) is 4.79 Å². The summed E-state index contributed by atoms with van der Waals surface area (Å²) in [6.07, 6.45) is 0. The molecule has 0 radical (unpaired) electrons. The summed E-state index contributed by atoms with van der Waals surface area (Å²) in [6, 6.07) is 20.3. The summed E-state index contributed by atoms with van der Waals surface area (Å²) >= 11 is 0. The number of halogens is 1. The van der Waals surface area contributed by atoms with E-state index in [0.717, 1.165) is 11.3 Å². The van der Waals surface area contributed by atoms with E-state index in [9.17, 15) is 9.18 Å². The zero-order chi connectivity index (χ0) is 16.9. The number of amides is 1. The number of anilines is 1. The molecule has 0 bridgehead atoms. The fourth-order valence-corrected chi connectivity index (χ4v) is 2.19. The largest absolute Gasteiger partial charge is 0.457 e. The molecule has 0 saturated heterocycles. The molecule has 120 valence electrons. The van der Waals surface area contributed by atoms with Gasteiger partial charge in [-0.2, -0.15) is 0 Å². The van der Waals surface area contributed by atoms with Gasteiger partial charge in [0.05, 0.1) is 0 Å². The van der Waals surface area contributed by atoms with Gasteiger partial charge in [-0.05, 0) is 61.5 Å². The van der Waals surface area contributed by atoms with Gasteiger partial charge in [0.15, 0.2) is 0 Å². The number of hydrogen-bond donors (Lipinski definition) is 1. The summed E-state index contributed by atoms with van der Waals surface area (Å²) in [5.74, 6) is 0.677. The minimum absolute atomic E-state index is 0.303. The normalized spacial score (nSPS) is 10.2. The molecule has 0 aliphatic carbocycles. The average molecular weight is 321 g/mol. The molecule has 0 aromatic heterocycles. The van der Waals surface area contributed by atoms with Crippen LogP contribution in [0.2, 0.25) is 0 Å². The van der Waals surface area contributed by atoms with Crippen molar-refractivity contribution in [1.29, 1.82) is 0 Å². The van der Waals surface area contributed by atoms with Crippen molar-refractivity contribution in [3.63, 3.8) is 0 Å². The SMILES string of the molecule is Cc1ccc(Oc2ccc(C(=O)Nc3cccc(F)c3)cc2)cc1. The Labute approximate surface area is 139 Å². The quantitative estimate of drug-likeness (QED) is 0.719. The third kappa shape index (κ3) is 3.98. The second-order valence-corrected chi connectivity index (χ2v) is 5.40. The molecule has 1 amide bonds. The van der Waals surface area contributed by atoms with Crippen LogP contribution in [0.3, 0.4) is 0 Å². The van der Waals surface area contributed by atoms with Gasteiger partial charge >= 0.3 is 0 Å². The van der Waals surface area contributed by atoms with Gasteiger partial charge in [0, 0.05) is 11.3 Å². The van der Waals surface area contributed by atoms with E-state index in [1.807, 2.05) is 31.2 Å². The van der Waals surface area contributed by atoms with E-state index in [0.29, 0.717) is 17.0 Å². The van der Waals surface area contributed by atoms with Crippen molar-refractivity contribution in [3.8, 4) is 11.5 Å². The van der Waals surface area contributed by atoms with Crippen LogP contribution in [0.4, 0.5) is 10.1 Å². The first-order valence-corrected chi connectivity index (χ1v) is 7.52. The molecule has 24 heavy (non-hydrogen) atoms. The number of carbonyl (C=O) groups is 1. The van der Waals surface area contributed by atoms with E-state index in [1.165, 1.54) is 12.1 Å². The number of benzene rings is 3. The standard InChI is InChI=1S/C20H16FNO2/c1-14-5-9-18(10-6-14)24-19-11-7-15(8-12-19)20(23)22-17-4-2-3-16(21)13-17/h2-13H,1H3,(H,22,23). The number of carbonyl (C=O) groups excluding carboxylic acids is 1. The smallest absolute Gasteiger partial charge is 0.255 e. The highest BCUT2D eigenvalue weighted by atomic mass is 19.1. The average Bonchev–Trinajstić information content (AvgIpc) is 2.57. The molecule has 0 aliphatic rings. The third-order valence-corrected chi connectivity index (χ3v) is 3.46. The molecule has 0 unspecified atom stereocenters. The maximum absolute atomic E-state index is 13.1. The molecule has 0 spiro atoms. The molecule has 3 rings (SSSR count). The van der Waals surface area contributed by atoms with Gasteiger partial charge in [-0.1, -0.05) is 23.8 Å². The fraction of sp³-hybridized carbons (Fsp3) is 0.0500. The number of aryl methyl sites for hydroxylation is 1. The first kappa shape index (κ1) is 15.7. The van der Waals surface area contributed by atoms with E-state index < -0.39 is 5.82 Å². The number of nitrogens with one attached hydrogen (secondary N) is 1. The molecule has 0 saturated carbocycles. The van der Waals surface area contributed by atoms with Crippen LogP contribution in [-0.2, 0) is 0 Å². The Balaban J connectivity index is 1.67. The second-order valence-electron chi connectivity index (χ2n) is 5.40. The van der Waals surface area contributed by atoms with Gasteiger partial charge in [0.1, 0.15) is 17.3 Å². The third-order valence-electron chi connectivity index (χ3n) is 3.46. The summed E-state index contributed by atoms with van der Waals surface area (Å²) in [5.41, 5.74) is 2.04. The highest BCUT2D eigenvalue weighted by Gasteiger charge is 2.07. The predicted octanol–water partition coefficient (Wildman–Crippen LogP) is 5.18. The van der Waals surface area contributed by atoms with Crippen molar-refractivity contribution in [2.24, 2.45) is 0 Å². The monoisotopic (exact) mass is 321 g/mol. The summed E-state index contributed by atoms with van der Waals surface area (Å²) < 4.78 is 18.9. The van der Waals surface area contributed by atoms with Crippen molar-refractivity contribution in [3.05, 3.63) is 89.7 Å². The summed E-state index contributed by atoms with van der Waals surface area (Å²) in [5, 5.41) is 2.65. The second kappa shape index (κ2) is 6.96. The number of hydrogen-bond acceptors (Lipinski definition) is 2. The van der Waals surface area contributed by atoms with Crippen LogP contribution in [0.1, 0.15) is 15.9 Å². The van der Waals surface area contributed by atoms with Crippen molar-refractivity contribution >= 4 is 11.6 Å². The van der Waals surface area contributed by atoms with Crippen LogP contribution < -0.4 is 10.1 Å². The van der Waals surface area contributed by atoms with Crippen LogP contribution >= 0.6 is 0 Å². The van der Waals surface area contributed by atoms with Crippen LogP contribution in [0, 0.1) is 12.7 Å². The van der Waals surface area contributed by atoms with Gasteiger partial charge in [0.2, 0.25) is 0 Å². The van der Waals surface area contributed by atoms with E-state index in [-0.39, 0.29) is 5.91 Å². The van der Waals surface area contributed by atoms with Gasteiger partial charge in [-0.15, -0.1) is 0 Å². The number of rotatable bonds is 4. The van der Waals surface area contributed by atoms with Crippen molar-refractivity contribution < 1.29 is 13.9 Å². The zero-order valence-electron chi connectivity index (χ0n) is 13.1. The van der Waals surface area contributed by atoms with Crippen molar-refractivity contribution in [2.75, 3.05) is 5.32 Å². The summed E-state index contributed by atoms with van der Waals surface area (Å²) in [7, 11) is 0. The van der Waals surface area contributed by atoms with Crippen LogP contribution in [-0.4, -0.2) is 5.91 Å². The van der Waals surface area contributed by atoms with Crippen molar-refractivity contribution in [2.45, 2.75) is 6.92 Å². The Morgan fingerprint density at radius 2 is 1.54 bits per heavy atom. The molecule has 0 atom stereocenters. The lowest BCUT2D eigenvalue weighted by Crippen LogP contribution is -2.11. The molecular weight excluding hydrogens is 305 g/mol. The lowest BCUT2D eigenvalue weighted by Gasteiger charge is -2.08. The summed E-state index contributed by atoms with van der Waals surface area (Å²) in [6.45, 7) is 2.01. The van der Waals surface area contributed by atoms with Gasteiger partial charge < -0.3 is 10.1 Å². The minimum Gasteiger partial charge on any atom is -0.457 e. The Bertz CT molecular complexity index is 842. The Morgan fingerprint density at radius 1 is 0.917 bits per heavy atom. The van der Waals surface area contributed by atoms with Gasteiger partial charge in [0.25, 0.3) is 5.91 Å². The number of ether oxygens (including phenoxy) is 1. The van der Waals surface area contributed by atoms with Crippen LogP contribution in [0.25, 0.3) is 0 Å². The minimum atomic E-state index is -0.394. The first-order valence-electron chi connectivity index (χ1n) is 7.52. The molecule has 4 heteroatoms. The van der Waals surface area contributed by atoms with E-state index >= 15 is 0 Å². The first-order chi connectivity index (χ1) is 11.6. The molecule has 1 N–H and O–H groups in total. The molecule has 0 fully saturated rings. The maximum atomic E-state index is 13.1. The molecule has 3 aromatic rings. The lowest BCUT2D eigenvalue weighted by molar-refractivity contribution is 0.102. The maximum Gasteiger partial charge on any atom is 0.255 e. The van der Waals surface area contributed by atoms with Crippen LogP contribution in [0.15, 0.2) is 72.8 Å².